The molecule has 0 atom stereocenters. The number of nitrogens with zero attached hydrogens (tertiary/aromatic N) is 1. The first kappa shape index (κ1) is 21.2. The number of halogens is 1. The summed E-state index contributed by atoms with van der Waals surface area (Å²) in [7, 11) is 1.57. The van der Waals surface area contributed by atoms with Gasteiger partial charge in [0.2, 0.25) is 0 Å². The molecule has 0 radical (unpaired) electrons. The fourth-order valence-corrected chi connectivity index (χ4v) is 2.38. The zero-order valence-corrected chi connectivity index (χ0v) is 16.5. The topological polar surface area (TPSA) is 76.1 Å². The highest BCUT2D eigenvalue weighted by Crippen LogP contribution is 2.24. The van der Waals surface area contributed by atoms with Gasteiger partial charge in [-0.05, 0) is 51.0 Å². The monoisotopic (exact) mass is 413 g/mol. The fourth-order valence-electron chi connectivity index (χ4n) is 1.99. The van der Waals surface area contributed by atoms with E-state index in [0.29, 0.717) is 12.2 Å². The van der Waals surface area contributed by atoms with Gasteiger partial charge in [-0.1, -0.05) is 22.0 Å². The van der Waals surface area contributed by atoms with Crippen molar-refractivity contribution in [3.05, 3.63) is 40.4 Å². The largest absolute Gasteiger partial charge is 0.497 e. The van der Waals surface area contributed by atoms with E-state index in [4.69, 9.17) is 14.7 Å². The number of carbonyl (C=O) groups is 2. The van der Waals surface area contributed by atoms with Crippen LogP contribution in [-0.4, -0.2) is 41.3 Å². The maximum Gasteiger partial charge on any atom is 0.327 e. The molecule has 0 aromatic heterocycles. The second-order valence-electron chi connectivity index (χ2n) is 6.36. The Bertz CT molecular complexity index is 637. The van der Waals surface area contributed by atoms with Crippen molar-refractivity contribution in [2.24, 2.45) is 0 Å². The van der Waals surface area contributed by atoms with Gasteiger partial charge in [0.1, 0.15) is 5.75 Å². The van der Waals surface area contributed by atoms with Gasteiger partial charge in [0.05, 0.1) is 25.7 Å². The third-order valence-electron chi connectivity index (χ3n) is 3.02. The predicted molar refractivity (Wildman–Crippen MR) is 98.3 cm³/mol. The third-order valence-corrected chi connectivity index (χ3v) is 3.79. The number of carboxylic acid groups (broad SMARTS) is 1. The molecule has 0 saturated carbocycles. The summed E-state index contributed by atoms with van der Waals surface area (Å²) in [5, 5.41) is 9.92. The van der Waals surface area contributed by atoms with E-state index in [0.717, 1.165) is 16.1 Å². The van der Waals surface area contributed by atoms with Crippen LogP contribution in [0, 0.1) is 0 Å². The Morgan fingerprint density at radius 3 is 2.56 bits per heavy atom. The Balaban J connectivity index is 2.86. The normalized spacial score (nSPS) is 11.6. The van der Waals surface area contributed by atoms with Crippen LogP contribution >= 0.6 is 15.9 Å². The highest BCUT2D eigenvalue weighted by molar-refractivity contribution is 9.10. The summed E-state index contributed by atoms with van der Waals surface area (Å²) in [6.07, 6.45) is 3.07. The van der Waals surface area contributed by atoms with Crippen molar-refractivity contribution in [1.29, 1.82) is 0 Å². The molecule has 1 rings (SSSR count). The average molecular weight is 414 g/mol. The second-order valence-corrected chi connectivity index (χ2v) is 7.22. The van der Waals surface area contributed by atoms with Gasteiger partial charge >= 0.3 is 5.97 Å². The van der Waals surface area contributed by atoms with Gasteiger partial charge in [0, 0.05) is 10.5 Å². The summed E-state index contributed by atoms with van der Waals surface area (Å²) in [6, 6.07) is 5.42. The third kappa shape index (κ3) is 8.18. The summed E-state index contributed by atoms with van der Waals surface area (Å²) in [5.74, 6) is -0.568. The van der Waals surface area contributed by atoms with Crippen molar-refractivity contribution >= 4 is 27.8 Å². The van der Waals surface area contributed by atoms with E-state index in [1.807, 2.05) is 26.8 Å². The number of carbonyl (C=O) groups excluding carboxylic acids is 1. The molecule has 1 aromatic carbocycles. The molecule has 25 heavy (non-hydrogen) atoms. The zero-order chi connectivity index (χ0) is 19.0. The highest BCUT2D eigenvalue weighted by Gasteiger charge is 2.22. The SMILES string of the molecule is COc1ccc(Br)c(CC(=O)N(CCC=CC(=O)O)OC(C)(C)C)c1. The first-order valence-electron chi connectivity index (χ1n) is 7.84. The van der Waals surface area contributed by atoms with Crippen LogP contribution in [0.1, 0.15) is 32.8 Å². The molecule has 0 unspecified atom stereocenters. The number of amides is 1. The lowest BCUT2D eigenvalue weighted by atomic mass is 10.1. The lowest BCUT2D eigenvalue weighted by Crippen LogP contribution is -2.39. The molecule has 7 heteroatoms. The lowest BCUT2D eigenvalue weighted by Gasteiger charge is -2.29. The Morgan fingerprint density at radius 1 is 1.32 bits per heavy atom. The van der Waals surface area contributed by atoms with Crippen LogP contribution in [0.4, 0.5) is 0 Å². The van der Waals surface area contributed by atoms with Gasteiger partial charge in [0.25, 0.3) is 5.91 Å². The lowest BCUT2D eigenvalue weighted by molar-refractivity contribution is -0.226. The quantitative estimate of drug-likeness (QED) is 0.520. The molecule has 0 spiro atoms. The minimum atomic E-state index is -1.02. The van der Waals surface area contributed by atoms with E-state index >= 15 is 0 Å². The van der Waals surface area contributed by atoms with Crippen LogP contribution in [0.3, 0.4) is 0 Å². The van der Waals surface area contributed by atoms with Gasteiger partial charge in [-0.3, -0.25) is 9.63 Å². The fraction of sp³-hybridized carbons (Fsp3) is 0.444. The van der Waals surface area contributed by atoms with E-state index in [1.54, 1.807) is 19.2 Å². The molecule has 0 heterocycles. The summed E-state index contributed by atoms with van der Waals surface area (Å²) in [4.78, 5) is 28.9. The number of benzene rings is 1. The predicted octanol–water partition coefficient (Wildman–Crippen LogP) is 3.59. The van der Waals surface area contributed by atoms with E-state index < -0.39 is 11.6 Å². The molecule has 1 aromatic rings. The van der Waals surface area contributed by atoms with Gasteiger partial charge in [0.15, 0.2) is 0 Å². The van der Waals surface area contributed by atoms with E-state index in [2.05, 4.69) is 15.9 Å². The number of hydrogen-bond acceptors (Lipinski definition) is 4. The van der Waals surface area contributed by atoms with Crippen LogP contribution in [0.5, 0.6) is 5.75 Å². The van der Waals surface area contributed by atoms with Gasteiger partial charge in [-0.2, -0.15) is 0 Å². The first-order chi connectivity index (χ1) is 11.6. The molecular formula is C18H24BrNO5. The highest BCUT2D eigenvalue weighted by atomic mass is 79.9. The molecule has 0 aliphatic carbocycles. The van der Waals surface area contributed by atoms with Crippen molar-refractivity contribution in [3.8, 4) is 5.75 Å². The minimum absolute atomic E-state index is 0.135. The smallest absolute Gasteiger partial charge is 0.327 e. The van der Waals surface area contributed by atoms with Crippen molar-refractivity contribution in [1.82, 2.24) is 5.06 Å². The van der Waals surface area contributed by atoms with Crippen LogP contribution in [0.25, 0.3) is 0 Å². The number of hydrogen-bond donors (Lipinski definition) is 1. The molecule has 6 nitrogen and oxygen atoms in total. The Hall–Kier alpha value is -1.86. The second kappa shape index (κ2) is 9.58. The van der Waals surface area contributed by atoms with Crippen LogP contribution < -0.4 is 4.74 Å². The maximum absolute atomic E-state index is 12.7. The number of methoxy groups -OCH3 is 1. The van der Waals surface area contributed by atoms with Gasteiger partial charge in [-0.25, -0.2) is 9.86 Å². The zero-order valence-electron chi connectivity index (χ0n) is 14.9. The first-order valence-corrected chi connectivity index (χ1v) is 8.63. The standard InChI is InChI=1S/C18H24BrNO5/c1-18(2,3)25-20(10-6-5-7-17(22)23)16(21)12-13-11-14(24-4)8-9-15(13)19/h5,7-9,11H,6,10,12H2,1-4H3,(H,22,23). The molecule has 0 bridgehead atoms. The van der Waals surface area contributed by atoms with Crippen molar-refractivity contribution < 1.29 is 24.3 Å². The summed E-state index contributed by atoms with van der Waals surface area (Å²) in [5.41, 5.74) is 0.241. The Morgan fingerprint density at radius 2 is 2.00 bits per heavy atom. The van der Waals surface area contributed by atoms with Crippen molar-refractivity contribution in [2.45, 2.75) is 39.2 Å². The number of carboxylic acids is 1. The van der Waals surface area contributed by atoms with E-state index in [9.17, 15) is 9.59 Å². The number of ether oxygens (including phenoxy) is 1. The van der Waals surface area contributed by atoms with Gasteiger partial charge in [-0.15, -0.1) is 0 Å². The summed E-state index contributed by atoms with van der Waals surface area (Å²) >= 11 is 3.43. The van der Waals surface area contributed by atoms with E-state index in [-0.39, 0.29) is 18.9 Å². The van der Waals surface area contributed by atoms with Crippen LogP contribution in [0.15, 0.2) is 34.8 Å². The average Bonchev–Trinajstić information content (AvgIpc) is 2.51. The van der Waals surface area contributed by atoms with Crippen LogP contribution in [0.2, 0.25) is 0 Å². The molecular weight excluding hydrogens is 390 g/mol. The van der Waals surface area contributed by atoms with Gasteiger partial charge < -0.3 is 9.84 Å². The molecule has 0 aliphatic heterocycles. The van der Waals surface area contributed by atoms with Crippen LogP contribution in [-0.2, 0) is 20.8 Å². The molecule has 1 N–H and O–H groups in total. The number of rotatable bonds is 8. The Labute approximate surface area is 156 Å². The summed E-state index contributed by atoms with van der Waals surface area (Å²) in [6.45, 7) is 5.81. The number of aliphatic carboxylic acids is 1. The minimum Gasteiger partial charge on any atom is -0.497 e. The molecule has 1 amide bonds. The Kier molecular flexibility index (Phi) is 8.12. The maximum atomic E-state index is 12.7. The number of hydroxylamine groups is 2. The van der Waals surface area contributed by atoms with Crippen molar-refractivity contribution in [2.75, 3.05) is 13.7 Å². The van der Waals surface area contributed by atoms with E-state index in [1.165, 1.54) is 11.1 Å². The summed E-state index contributed by atoms with van der Waals surface area (Å²) < 4.78 is 6.00. The molecule has 0 saturated heterocycles. The van der Waals surface area contributed by atoms with Crippen molar-refractivity contribution in [3.63, 3.8) is 0 Å². The molecule has 0 aliphatic rings. The molecule has 0 fully saturated rings. The molecule has 138 valence electrons.